The van der Waals surface area contributed by atoms with Gasteiger partial charge in [-0.2, -0.15) is 5.26 Å². The van der Waals surface area contributed by atoms with E-state index < -0.39 is 7.44 Å². The number of nitriles is 1. The summed E-state index contributed by atoms with van der Waals surface area (Å²) >= 11 is 0. The summed E-state index contributed by atoms with van der Waals surface area (Å²) in [6.45, 7) is 5.50. The molecule has 154 valence electrons. The van der Waals surface area contributed by atoms with Gasteiger partial charge in [0.25, 0.3) is 0 Å². The molecule has 0 N–H and O–H groups in total. The topological polar surface area (TPSA) is 69.0 Å². The third-order valence-electron chi connectivity index (χ3n) is 5.48. The van der Waals surface area contributed by atoms with Crippen LogP contribution in [0.3, 0.4) is 0 Å². The van der Waals surface area contributed by atoms with Crippen molar-refractivity contribution in [1.29, 1.82) is 5.26 Å². The van der Waals surface area contributed by atoms with Crippen molar-refractivity contribution in [3.05, 3.63) is 59.2 Å². The summed E-state index contributed by atoms with van der Waals surface area (Å²) in [6.07, 6.45) is 4.30. The fourth-order valence-corrected chi connectivity index (χ4v) is 7.21. The van der Waals surface area contributed by atoms with E-state index in [0.29, 0.717) is 71.1 Å². The predicted molar refractivity (Wildman–Crippen MR) is 111 cm³/mol. The van der Waals surface area contributed by atoms with Gasteiger partial charge in [0.05, 0.1) is 38.1 Å². The highest BCUT2D eigenvalue weighted by atomic mass is 31.2. The summed E-state index contributed by atoms with van der Waals surface area (Å²) in [5, 5.41) is 10.5. The van der Waals surface area contributed by atoms with Gasteiger partial charge in [-0.25, -0.2) is 9.34 Å². The molecule has 8 heteroatoms. The summed E-state index contributed by atoms with van der Waals surface area (Å²) in [4.78, 5) is 2.00. The monoisotopic (exact) mass is 414 g/mol. The maximum Gasteiger partial charge on any atom is 0.243 e. The lowest BCUT2D eigenvalue weighted by atomic mass is 10.1. The normalized spacial score (nSPS) is 22.0. The molecule has 0 spiro atoms. The van der Waals surface area contributed by atoms with Crippen LogP contribution in [-0.2, 0) is 20.6 Å². The number of ether oxygens (including phenoxy) is 2. The van der Waals surface area contributed by atoms with E-state index in [0.717, 1.165) is 10.9 Å². The first-order chi connectivity index (χ1) is 14.2. The summed E-state index contributed by atoms with van der Waals surface area (Å²) in [7, 11) is -3.00. The first kappa shape index (κ1) is 20.3. The van der Waals surface area contributed by atoms with E-state index >= 15 is 0 Å². The van der Waals surface area contributed by atoms with Gasteiger partial charge in [-0.3, -0.25) is 4.57 Å². The third-order valence-corrected chi connectivity index (χ3v) is 8.83. The highest BCUT2D eigenvalue weighted by Crippen LogP contribution is 2.62. The van der Waals surface area contributed by atoms with E-state index in [1.54, 1.807) is 0 Å². The lowest BCUT2D eigenvalue weighted by Gasteiger charge is -2.44. The van der Waals surface area contributed by atoms with Crippen LogP contribution < -0.4 is 0 Å². The first-order valence-electron chi connectivity index (χ1n) is 10.1. The molecule has 2 fully saturated rings. The number of nitrogens with zero attached hydrogens (tertiary/aromatic N) is 4. The van der Waals surface area contributed by atoms with Crippen LogP contribution in [0.4, 0.5) is 0 Å². The second-order valence-electron chi connectivity index (χ2n) is 7.40. The zero-order chi connectivity index (χ0) is 20.1. The van der Waals surface area contributed by atoms with Crippen LogP contribution in [0.25, 0.3) is 0 Å². The molecule has 0 radical (unpaired) electrons. The molecule has 0 aromatic heterocycles. The van der Waals surface area contributed by atoms with E-state index in [9.17, 15) is 9.83 Å². The maximum absolute atomic E-state index is 14.6. The fraction of sp³-hybridized carbons (Fsp3) is 0.476. The molecule has 29 heavy (non-hydrogen) atoms. The molecule has 0 unspecified atom stereocenters. The quantitative estimate of drug-likeness (QED) is 0.686. The molecule has 1 aromatic carbocycles. The van der Waals surface area contributed by atoms with Gasteiger partial charge >= 0.3 is 0 Å². The van der Waals surface area contributed by atoms with E-state index in [1.807, 2.05) is 35.5 Å². The number of rotatable bonds is 5. The maximum atomic E-state index is 14.6. The number of hydrogen-bond donors (Lipinski definition) is 0. The van der Waals surface area contributed by atoms with Crippen molar-refractivity contribution < 1.29 is 14.0 Å². The Morgan fingerprint density at radius 2 is 1.52 bits per heavy atom. The minimum absolute atomic E-state index is 0.424. The Balaban J connectivity index is 1.68. The smallest absolute Gasteiger partial charge is 0.243 e. The van der Waals surface area contributed by atoms with Crippen LogP contribution in [0.1, 0.15) is 12.0 Å². The summed E-state index contributed by atoms with van der Waals surface area (Å²) in [6, 6.07) is 12.4. The molecule has 1 aromatic rings. The molecule has 0 aliphatic carbocycles. The minimum atomic E-state index is -3.00. The summed E-state index contributed by atoms with van der Waals surface area (Å²) in [5.41, 5.74) is 1.78. The van der Waals surface area contributed by atoms with Crippen molar-refractivity contribution in [1.82, 2.24) is 14.2 Å². The van der Waals surface area contributed by atoms with Crippen molar-refractivity contribution in [2.45, 2.75) is 13.0 Å². The number of morpholine rings is 2. The van der Waals surface area contributed by atoms with Gasteiger partial charge in [0.1, 0.15) is 0 Å². The molecule has 2 saturated heterocycles. The van der Waals surface area contributed by atoms with E-state index in [2.05, 4.69) is 27.5 Å². The molecule has 0 amide bonds. The lowest BCUT2D eigenvalue weighted by Crippen LogP contribution is -2.43. The lowest BCUT2D eigenvalue weighted by molar-refractivity contribution is 0.0532. The second kappa shape index (κ2) is 9.25. The summed E-state index contributed by atoms with van der Waals surface area (Å²) in [5.74, 6) is 0. The summed E-state index contributed by atoms with van der Waals surface area (Å²) < 4.78 is 29.8. The largest absolute Gasteiger partial charge is 0.379 e. The van der Waals surface area contributed by atoms with Gasteiger partial charge in [0.2, 0.25) is 7.44 Å². The number of benzene rings is 1. The van der Waals surface area contributed by atoms with Crippen molar-refractivity contribution in [3.8, 4) is 6.07 Å². The zero-order valence-electron chi connectivity index (χ0n) is 16.6. The third kappa shape index (κ3) is 4.48. The van der Waals surface area contributed by atoms with Crippen LogP contribution in [-0.4, -0.2) is 66.8 Å². The van der Waals surface area contributed by atoms with Crippen LogP contribution >= 0.6 is 7.44 Å². The molecule has 0 saturated carbocycles. The van der Waals surface area contributed by atoms with Crippen LogP contribution in [0.5, 0.6) is 0 Å². The van der Waals surface area contributed by atoms with Gasteiger partial charge in [0.15, 0.2) is 0 Å². The Kier molecular flexibility index (Phi) is 6.49. The molecular formula is C21H27N4O3P. The Bertz CT molecular complexity index is 830. The van der Waals surface area contributed by atoms with Gasteiger partial charge in [-0.05, 0) is 5.56 Å². The van der Waals surface area contributed by atoms with Crippen LogP contribution in [0.2, 0.25) is 0 Å². The first-order valence-corrected chi connectivity index (χ1v) is 11.7. The van der Waals surface area contributed by atoms with Gasteiger partial charge in [-0.1, -0.05) is 30.3 Å². The van der Waals surface area contributed by atoms with Crippen LogP contribution in [0.15, 0.2) is 53.6 Å². The van der Waals surface area contributed by atoms with E-state index in [4.69, 9.17) is 9.47 Å². The Morgan fingerprint density at radius 1 is 0.931 bits per heavy atom. The molecule has 7 nitrogen and oxygen atoms in total. The van der Waals surface area contributed by atoms with Crippen molar-refractivity contribution in [3.63, 3.8) is 0 Å². The average molecular weight is 414 g/mol. The van der Waals surface area contributed by atoms with Gasteiger partial charge in [-0.15, -0.1) is 0 Å². The Hall–Kier alpha value is -1.94. The standard InChI is InChI=1S/C21H27N4O3P/c22-15-20-14-21(18-23(17-20)16-19-4-2-1-3-5-19)29(26,24-6-10-27-11-7-24)25-8-12-28-13-9-25/h1-5,17-18H,6-14,16H2. The minimum Gasteiger partial charge on any atom is -0.379 e. The Labute approximate surface area is 172 Å². The fourth-order valence-electron chi connectivity index (χ4n) is 4.04. The molecule has 3 heterocycles. The molecular weight excluding hydrogens is 387 g/mol. The average Bonchev–Trinajstić information content (AvgIpc) is 2.80. The molecule has 0 atom stereocenters. The molecule has 0 bridgehead atoms. The highest BCUT2D eigenvalue weighted by molar-refractivity contribution is 7.63. The SMILES string of the molecule is N#CC1=CN(Cc2ccccc2)C=C(P(=O)(N2CCOCC2)N2CCOCC2)C1. The van der Waals surface area contributed by atoms with Crippen molar-refractivity contribution in [2.75, 3.05) is 52.6 Å². The van der Waals surface area contributed by atoms with Gasteiger partial charge in [0, 0.05) is 56.9 Å². The molecule has 4 rings (SSSR count). The van der Waals surface area contributed by atoms with E-state index in [1.165, 1.54) is 0 Å². The number of allylic oxidation sites excluding steroid dienone is 2. The van der Waals surface area contributed by atoms with E-state index in [-0.39, 0.29) is 0 Å². The second-order valence-corrected chi connectivity index (χ2v) is 10.2. The Morgan fingerprint density at radius 3 is 2.07 bits per heavy atom. The van der Waals surface area contributed by atoms with Gasteiger partial charge < -0.3 is 14.4 Å². The number of hydrogen-bond acceptors (Lipinski definition) is 5. The highest BCUT2D eigenvalue weighted by Gasteiger charge is 2.43. The van der Waals surface area contributed by atoms with Crippen LogP contribution in [0, 0.1) is 11.3 Å². The molecule has 3 aliphatic rings. The molecule has 3 aliphatic heterocycles. The predicted octanol–water partition coefficient (Wildman–Crippen LogP) is 3.00. The van der Waals surface area contributed by atoms with Crippen molar-refractivity contribution in [2.24, 2.45) is 0 Å². The zero-order valence-corrected chi connectivity index (χ0v) is 17.5. The van der Waals surface area contributed by atoms with Crippen molar-refractivity contribution >= 4 is 7.44 Å².